The highest BCUT2D eigenvalue weighted by Crippen LogP contribution is 2.32. The van der Waals surface area contributed by atoms with Crippen LogP contribution >= 0.6 is 11.6 Å². The van der Waals surface area contributed by atoms with Crippen molar-refractivity contribution in [1.29, 1.82) is 0 Å². The van der Waals surface area contributed by atoms with E-state index in [2.05, 4.69) is 0 Å². The lowest BCUT2D eigenvalue weighted by Gasteiger charge is -2.24. The summed E-state index contributed by atoms with van der Waals surface area (Å²) in [5.74, 6) is -0.789. The Balaban J connectivity index is 1.97. The van der Waals surface area contributed by atoms with Crippen LogP contribution in [0, 0.1) is 12.7 Å². The van der Waals surface area contributed by atoms with Crippen molar-refractivity contribution in [2.24, 2.45) is 0 Å². The van der Waals surface area contributed by atoms with Gasteiger partial charge in [0.05, 0.1) is 11.4 Å². The van der Waals surface area contributed by atoms with E-state index in [4.69, 9.17) is 11.6 Å². The number of rotatable bonds is 8. The van der Waals surface area contributed by atoms with Gasteiger partial charge in [-0.3, -0.25) is 4.79 Å². The number of benzene rings is 2. The molecule has 0 aromatic heterocycles. The zero-order chi connectivity index (χ0) is 22.1. The van der Waals surface area contributed by atoms with Crippen LogP contribution in [-0.2, 0) is 16.6 Å². The van der Waals surface area contributed by atoms with Gasteiger partial charge in [-0.25, -0.2) is 12.8 Å². The molecule has 0 radical (unpaired) electrons. The second-order valence-corrected chi connectivity index (χ2v) is 9.75. The van der Waals surface area contributed by atoms with Gasteiger partial charge in [-0.15, -0.1) is 0 Å². The minimum Gasteiger partial charge on any atom is -0.331 e. The van der Waals surface area contributed by atoms with Crippen LogP contribution in [0.15, 0.2) is 41.3 Å². The maximum atomic E-state index is 14.3. The minimum absolute atomic E-state index is 0.00249. The summed E-state index contributed by atoms with van der Waals surface area (Å²) in [6.45, 7) is 5.99. The molecule has 2 aromatic rings. The van der Waals surface area contributed by atoms with Crippen LogP contribution in [0.2, 0.25) is 5.02 Å². The van der Waals surface area contributed by atoms with Gasteiger partial charge in [0, 0.05) is 35.3 Å². The van der Waals surface area contributed by atoms with E-state index in [-0.39, 0.29) is 39.5 Å². The van der Waals surface area contributed by atoms with E-state index in [0.717, 1.165) is 12.8 Å². The summed E-state index contributed by atoms with van der Waals surface area (Å²) in [5, 5.41) is 0.266. The summed E-state index contributed by atoms with van der Waals surface area (Å²) in [6.07, 6.45) is 1.66. The maximum absolute atomic E-state index is 14.3. The Kier molecular flexibility index (Phi) is 6.84. The molecule has 3 rings (SSSR count). The van der Waals surface area contributed by atoms with Crippen LogP contribution in [0.5, 0.6) is 0 Å². The molecular weight excluding hydrogens is 427 g/mol. The average molecular weight is 453 g/mol. The molecule has 1 saturated carbocycles. The van der Waals surface area contributed by atoms with E-state index in [1.165, 1.54) is 22.5 Å². The lowest BCUT2D eigenvalue weighted by molar-refractivity contribution is 0.0728. The van der Waals surface area contributed by atoms with E-state index in [9.17, 15) is 17.6 Å². The Morgan fingerprint density at radius 3 is 2.40 bits per heavy atom. The molecule has 0 saturated heterocycles. The topological polar surface area (TPSA) is 57.7 Å². The molecular formula is C22H26ClFN2O3S. The van der Waals surface area contributed by atoms with Crippen LogP contribution in [0.1, 0.15) is 48.2 Å². The zero-order valence-electron chi connectivity index (χ0n) is 17.4. The molecule has 0 unspecified atom stereocenters. The minimum atomic E-state index is -3.71. The lowest BCUT2D eigenvalue weighted by atomic mass is 10.1. The first-order valence-corrected chi connectivity index (χ1v) is 11.9. The predicted molar refractivity (Wildman–Crippen MR) is 116 cm³/mol. The Hall–Kier alpha value is -1.96. The Morgan fingerprint density at radius 2 is 1.83 bits per heavy atom. The van der Waals surface area contributed by atoms with Crippen molar-refractivity contribution in [3.05, 3.63) is 63.9 Å². The summed E-state index contributed by atoms with van der Waals surface area (Å²) < 4.78 is 41.7. The molecule has 1 aliphatic carbocycles. The third-order valence-electron chi connectivity index (χ3n) is 5.40. The predicted octanol–water partition coefficient (Wildman–Crippen LogP) is 4.62. The highest BCUT2D eigenvalue weighted by molar-refractivity contribution is 7.89. The normalized spacial score (nSPS) is 14.2. The number of hydrogen-bond acceptors (Lipinski definition) is 3. The summed E-state index contributed by atoms with van der Waals surface area (Å²) in [4.78, 5) is 15.0. The van der Waals surface area contributed by atoms with Gasteiger partial charge >= 0.3 is 0 Å². The van der Waals surface area contributed by atoms with Crippen LogP contribution in [0.25, 0.3) is 0 Å². The molecule has 0 bridgehead atoms. The molecule has 1 fully saturated rings. The van der Waals surface area contributed by atoms with Crippen molar-refractivity contribution in [2.45, 2.75) is 51.1 Å². The summed E-state index contributed by atoms with van der Waals surface area (Å²) in [6, 6.07) is 9.13. The van der Waals surface area contributed by atoms with Gasteiger partial charge in [-0.2, -0.15) is 4.31 Å². The molecule has 0 atom stereocenters. The fourth-order valence-corrected chi connectivity index (χ4v) is 5.42. The van der Waals surface area contributed by atoms with Crippen molar-refractivity contribution in [3.63, 3.8) is 0 Å². The summed E-state index contributed by atoms with van der Waals surface area (Å²) in [7, 11) is -3.71. The van der Waals surface area contributed by atoms with E-state index < -0.39 is 15.8 Å². The maximum Gasteiger partial charge on any atom is 0.254 e. The number of carbonyl (C=O) groups is 1. The number of carbonyl (C=O) groups excluding carboxylic acids is 1. The molecule has 5 nitrogen and oxygen atoms in total. The molecule has 1 aliphatic rings. The summed E-state index contributed by atoms with van der Waals surface area (Å²) >= 11 is 6.16. The van der Waals surface area contributed by atoms with E-state index in [1.807, 2.05) is 0 Å². The van der Waals surface area contributed by atoms with Gasteiger partial charge in [0.25, 0.3) is 5.91 Å². The molecule has 0 heterocycles. The van der Waals surface area contributed by atoms with E-state index in [0.29, 0.717) is 18.7 Å². The smallest absolute Gasteiger partial charge is 0.254 e. The molecule has 0 aliphatic heterocycles. The standard InChI is InChI=1S/C22H26ClFN2O3S/c1-4-25(5-2)30(28,29)21-13-16(10-9-15(21)3)22(27)26(17-11-12-17)14-18-19(23)7-6-8-20(18)24/h6-10,13,17H,4-5,11-12,14H2,1-3H3. The molecule has 8 heteroatoms. The van der Waals surface area contributed by atoms with Gasteiger partial charge in [0.2, 0.25) is 10.0 Å². The first-order chi connectivity index (χ1) is 14.2. The van der Waals surface area contributed by atoms with Crippen molar-refractivity contribution in [3.8, 4) is 0 Å². The van der Waals surface area contributed by atoms with Crippen molar-refractivity contribution >= 4 is 27.5 Å². The average Bonchev–Trinajstić information content (AvgIpc) is 3.53. The molecule has 2 aromatic carbocycles. The third kappa shape index (κ3) is 4.53. The fraction of sp³-hybridized carbons (Fsp3) is 0.409. The Bertz CT molecular complexity index is 1030. The van der Waals surface area contributed by atoms with E-state index in [1.54, 1.807) is 43.9 Å². The number of sulfonamides is 1. The van der Waals surface area contributed by atoms with Crippen LogP contribution < -0.4 is 0 Å². The Labute approximate surface area is 182 Å². The van der Waals surface area contributed by atoms with Crippen molar-refractivity contribution < 1.29 is 17.6 Å². The SMILES string of the molecule is CCN(CC)S(=O)(=O)c1cc(C(=O)N(Cc2c(F)cccc2Cl)C2CC2)ccc1C. The molecule has 0 spiro atoms. The van der Waals surface area contributed by atoms with Gasteiger partial charge in [0.15, 0.2) is 0 Å². The van der Waals surface area contributed by atoms with Crippen molar-refractivity contribution in [1.82, 2.24) is 9.21 Å². The largest absolute Gasteiger partial charge is 0.331 e. The third-order valence-corrected chi connectivity index (χ3v) is 7.94. The second-order valence-electron chi connectivity index (χ2n) is 7.43. The fourth-order valence-electron chi connectivity index (χ4n) is 3.49. The van der Waals surface area contributed by atoms with Crippen LogP contribution in [0.3, 0.4) is 0 Å². The highest BCUT2D eigenvalue weighted by Gasteiger charge is 2.35. The van der Waals surface area contributed by atoms with Crippen molar-refractivity contribution in [2.75, 3.05) is 13.1 Å². The molecule has 1 amide bonds. The molecule has 162 valence electrons. The quantitative estimate of drug-likeness (QED) is 0.587. The van der Waals surface area contributed by atoms with Gasteiger partial charge in [-0.05, 0) is 49.6 Å². The number of amides is 1. The highest BCUT2D eigenvalue weighted by atomic mass is 35.5. The van der Waals surface area contributed by atoms with E-state index >= 15 is 0 Å². The number of nitrogens with zero attached hydrogens (tertiary/aromatic N) is 2. The summed E-state index contributed by atoms with van der Waals surface area (Å²) in [5.41, 5.74) is 1.11. The lowest BCUT2D eigenvalue weighted by Crippen LogP contribution is -2.34. The second kappa shape index (κ2) is 9.04. The first-order valence-electron chi connectivity index (χ1n) is 10.0. The number of hydrogen-bond donors (Lipinski definition) is 0. The van der Waals surface area contributed by atoms with Gasteiger partial charge < -0.3 is 4.90 Å². The van der Waals surface area contributed by atoms with Gasteiger partial charge in [0.1, 0.15) is 5.82 Å². The number of halogens is 2. The van der Waals surface area contributed by atoms with Crippen LogP contribution in [-0.4, -0.2) is 42.7 Å². The zero-order valence-corrected chi connectivity index (χ0v) is 18.9. The molecule has 30 heavy (non-hydrogen) atoms. The van der Waals surface area contributed by atoms with Gasteiger partial charge in [-0.1, -0.05) is 37.6 Å². The van der Waals surface area contributed by atoms with Crippen LogP contribution in [0.4, 0.5) is 4.39 Å². The first kappa shape index (κ1) is 22.7. The monoisotopic (exact) mass is 452 g/mol. The Morgan fingerprint density at radius 1 is 1.17 bits per heavy atom. The molecule has 0 N–H and O–H groups in total. The number of aryl methyl sites for hydroxylation is 1.